The molecule has 2 N–H and O–H groups in total. The number of aromatic nitrogens is 2. The highest BCUT2D eigenvalue weighted by molar-refractivity contribution is 7.89. The van der Waals surface area contributed by atoms with Gasteiger partial charge in [-0.2, -0.15) is 4.31 Å². The summed E-state index contributed by atoms with van der Waals surface area (Å²) < 4.78 is 27.3. The second-order valence-electron chi connectivity index (χ2n) is 8.43. The fourth-order valence-corrected chi connectivity index (χ4v) is 5.77. The maximum Gasteiger partial charge on any atom is 0.341 e. The maximum absolute atomic E-state index is 12.9. The molecule has 3 heterocycles. The van der Waals surface area contributed by atoms with Crippen LogP contribution < -0.4 is 4.90 Å². The van der Waals surface area contributed by atoms with Crippen LogP contribution in [0.2, 0.25) is 0 Å². The summed E-state index contributed by atoms with van der Waals surface area (Å²) in [4.78, 5) is 25.0. The molecule has 11 heteroatoms. The third-order valence-corrected chi connectivity index (χ3v) is 8.26. The molecule has 2 saturated heterocycles. The van der Waals surface area contributed by atoms with Crippen LogP contribution in [0.15, 0.2) is 35.4 Å². The Kier molecular flexibility index (Phi) is 6.82. The zero-order valence-electron chi connectivity index (χ0n) is 18.6. The molecule has 2 aromatic rings. The Morgan fingerprint density at radius 2 is 1.64 bits per heavy atom. The first-order valence-corrected chi connectivity index (χ1v) is 12.6. The van der Waals surface area contributed by atoms with Crippen LogP contribution in [0.25, 0.3) is 0 Å². The third-order valence-electron chi connectivity index (χ3n) is 6.34. The minimum absolute atomic E-state index is 0.0189. The van der Waals surface area contributed by atoms with Crippen molar-refractivity contribution in [3.63, 3.8) is 0 Å². The smallest absolute Gasteiger partial charge is 0.341 e. The molecule has 33 heavy (non-hydrogen) atoms. The van der Waals surface area contributed by atoms with Crippen LogP contribution in [-0.2, 0) is 10.0 Å². The van der Waals surface area contributed by atoms with E-state index < -0.39 is 16.0 Å². The Morgan fingerprint density at radius 3 is 2.24 bits per heavy atom. The SMILES string of the molecule is CC(c1ncc(C(=O)O)c(N2CCCCC2)n1)N1CCN(S(=O)(=O)c2ccc(O)cc2)CC1. The minimum atomic E-state index is -3.64. The number of carboxylic acids is 1. The van der Waals surface area contributed by atoms with Gasteiger partial charge >= 0.3 is 5.97 Å². The number of hydrogen-bond acceptors (Lipinski definition) is 8. The maximum atomic E-state index is 12.9. The predicted molar refractivity (Wildman–Crippen MR) is 122 cm³/mol. The summed E-state index contributed by atoms with van der Waals surface area (Å²) in [7, 11) is -3.64. The molecule has 1 aromatic carbocycles. The topological polar surface area (TPSA) is 127 Å². The van der Waals surface area contributed by atoms with Gasteiger partial charge in [0.05, 0.1) is 10.9 Å². The fraction of sp³-hybridized carbons (Fsp3) is 0.500. The normalized spacial score (nSPS) is 19.4. The Morgan fingerprint density at radius 1 is 1.00 bits per heavy atom. The second-order valence-corrected chi connectivity index (χ2v) is 10.4. The van der Waals surface area contributed by atoms with Crippen molar-refractivity contribution in [2.45, 2.75) is 37.1 Å². The van der Waals surface area contributed by atoms with Crippen LogP contribution in [0.1, 0.15) is 48.4 Å². The van der Waals surface area contributed by atoms with Crippen molar-refractivity contribution in [1.82, 2.24) is 19.2 Å². The van der Waals surface area contributed by atoms with E-state index in [0.29, 0.717) is 37.8 Å². The van der Waals surface area contributed by atoms with Crippen molar-refractivity contribution >= 4 is 21.8 Å². The van der Waals surface area contributed by atoms with E-state index in [-0.39, 0.29) is 22.3 Å². The molecule has 2 aliphatic rings. The van der Waals surface area contributed by atoms with E-state index >= 15 is 0 Å². The first kappa shape index (κ1) is 23.4. The number of piperidine rings is 1. The van der Waals surface area contributed by atoms with Crippen molar-refractivity contribution in [2.24, 2.45) is 0 Å². The fourth-order valence-electron chi connectivity index (χ4n) is 4.35. The van der Waals surface area contributed by atoms with Crippen molar-refractivity contribution in [3.8, 4) is 5.75 Å². The van der Waals surface area contributed by atoms with Gasteiger partial charge in [-0.3, -0.25) is 4.90 Å². The van der Waals surface area contributed by atoms with Gasteiger partial charge in [0.25, 0.3) is 0 Å². The van der Waals surface area contributed by atoms with Gasteiger partial charge in [0.1, 0.15) is 23.0 Å². The van der Waals surface area contributed by atoms with Gasteiger partial charge in [-0.05, 0) is 50.5 Å². The Balaban J connectivity index is 1.47. The first-order chi connectivity index (χ1) is 15.8. The molecule has 0 saturated carbocycles. The number of aromatic hydroxyl groups is 1. The monoisotopic (exact) mass is 475 g/mol. The lowest BCUT2D eigenvalue weighted by Gasteiger charge is -2.37. The van der Waals surface area contributed by atoms with Crippen LogP contribution >= 0.6 is 0 Å². The molecule has 1 aromatic heterocycles. The molecule has 0 spiro atoms. The molecular weight excluding hydrogens is 446 g/mol. The van der Waals surface area contributed by atoms with Crippen LogP contribution in [0.3, 0.4) is 0 Å². The molecule has 1 atom stereocenters. The zero-order valence-corrected chi connectivity index (χ0v) is 19.4. The molecule has 2 aliphatic heterocycles. The average Bonchev–Trinajstić information content (AvgIpc) is 2.84. The van der Waals surface area contributed by atoms with E-state index in [1.807, 2.05) is 11.8 Å². The molecule has 4 rings (SSSR count). The lowest BCUT2D eigenvalue weighted by Crippen LogP contribution is -2.49. The Labute approximate surface area is 193 Å². The predicted octanol–water partition coefficient (Wildman–Crippen LogP) is 1.94. The zero-order chi connectivity index (χ0) is 23.6. The lowest BCUT2D eigenvalue weighted by molar-refractivity contribution is 0.0696. The number of phenols is 1. The summed E-state index contributed by atoms with van der Waals surface area (Å²) in [5, 5.41) is 19.0. The van der Waals surface area contributed by atoms with Gasteiger partial charge in [0, 0.05) is 45.5 Å². The van der Waals surface area contributed by atoms with E-state index in [9.17, 15) is 23.4 Å². The number of phenolic OH excluding ortho intramolecular Hbond substituents is 1. The van der Waals surface area contributed by atoms with Gasteiger partial charge < -0.3 is 15.1 Å². The summed E-state index contributed by atoms with van der Waals surface area (Å²) in [5.41, 5.74) is 0.109. The molecule has 10 nitrogen and oxygen atoms in total. The number of aromatic carboxylic acids is 1. The standard InChI is InChI=1S/C22H29N5O5S/c1-16(20-23-15-19(22(29)30)21(24-20)26-9-3-2-4-10-26)25-11-13-27(14-12-25)33(31,32)18-7-5-17(28)6-8-18/h5-8,15-16,28H,2-4,9-14H2,1H3,(H,29,30). The molecule has 1 unspecified atom stereocenters. The van der Waals surface area contributed by atoms with Crippen LogP contribution in [0, 0.1) is 0 Å². The summed E-state index contributed by atoms with van der Waals surface area (Å²) in [6, 6.07) is 5.35. The van der Waals surface area contributed by atoms with Crippen molar-refractivity contribution in [1.29, 1.82) is 0 Å². The number of carbonyl (C=O) groups is 1. The number of hydrogen-bond donors (Lipinski definition) is 2. The number of sulfonamides is 1. The van der Waals surface area contributed by atoms with Crippen LogP contribution in [0.5, 0.6) is 5.75 Å². The quantitative estimate of drug-likeness (QED) is 0.644. The van der Waals surface area contributed by atoms with Gasteiger partial charge in [-0.1, -0.05) is 0 Å². The van der Waals surface area contributed by atoms with Gasteiger partial charge in [0.15, 0.2) is 0 Å². The van der Waals surface area contributed by atoms with E-state index in [1.54, 1.807) is 0 Å². The highest BCUT2D eigenvalue weighted by atomic mass is 32.2. The molecular formula is C22H29N5O5S. The number of piperazine rings is 1. The van der Waals surface area contributed by atoms with E-state index in [2.05, 4.69) is 14.9 Å². The second kappa shape index (κ2) is 9.62. The summed E-state index contributed by atoms with van der Waals surface area (Å²) in [5.74, 6) is -0.0173. The van der Waals surface area contributed by atoms with Gasteiger partial charge in [-0.15, -0.1) is 0 Å². The molecule has 0 bridgehead atoms. The van der Waals surface area contributed by atoms with Gasteiger partial charge in [0.2, 0.25) is 10.0 Å². The van der Waals surface area contributed by atoms with Crippen molar-refractivity contribution in [3.05, 3.63) is 41.9 Å². The third kappa shape index (κ3) is 4.94. The highest BCUT2D eigenvalue weighted by Crippen LogP contribution is 2.27. The van der Waals surface area contributed by atoms with Crippen LogP contribution in [-0.4, -0.2) is 83.0 Å². The number of carboxylic acid groups (broad SMARTS) is 1. The average molecular weight is 476 g/mol. The number of benzene rings is 1. The summed E-state index contributed by atoms with van der Waals surface area (Å²) >= 11 is 0. The largest absolute Gasteiger partial charge is 0.508 e. The molecule has 0 aliphatic carbocycles. The van der Waals surface area contributed by atoms with E-state index in [1.165, 1.54) is 34.8 Å². The van der Waals surface area contributed by atoms with Crippen molar-refractivity contribution < 1.29 is 23.4 Å². The Hall–Kier alpha value is -2.76. The first-order valence-electron chi connectivity index (χ1n) is 11.2. The number of rotatable bonds is 6. The molecule has 178 valence electrons. The molecule has 2 fully saturated rings. The van der Waals surface area contributed by atoms with Crippen molar-refractivity contribution in [2.75, 3.05) is 44.2 Å². The van der Waals surface area contributed by atoms with Crippen LogP contribution in [0.4, 0.5) is 5.82 Å². The lowest BCUT2D eigenvalue weighted by atomic mass is 10.1. The van der Waals surface area contributed by atoms with E-state index in [4.69, 9.17) is 0 Å². The summed E-state index contributed by atoms with van der Waals surface area (Å²) in [6.07, 6.45) is 4.53. The molecule has 0 amide bonds. The Bertz CT molecular complexity index is 1090. The van der Waals surface area contributed by atoms with E-state index in [0.717, 1.165) is 32.4 Å². The summed E-state index contributed by atoms with van der Waals surface area (Å²) in [6.45, 7) is 5.15. The van der Waals surface area contributed by atoms with Gasteiger partial charge in [-0.25, -0.2) is 23.2 Å². The number of nitrogens with zero attached hydrogens (tertiary/aromatic N) is 5. The minimum Gasteiger partial charge on any atom is -0.508 e. The molecule has 0 radical (unpaired) electrons. The number of anilines is 1. The highest BCUT2D eigenvalue weighted by Gasteiger charge is 2.32.